The quantitative estimate of drug-likeness (QED) is 0.412. The summed E-state index contributed by atoms with van der Waals surface area (Å²) >= 11 is 17.5. The van der Waals surface area contributed by atoms with Crippen molar-refractivity contribution in [2.45, 2.75) is 13.5 Å². The molecule has 0 bridgehead atoms. The van der Waals surface area contributed by atoms with Crippen molar-refractivity contribution in [3.63, 3.8) is 0 Å². The molecule has 0 saturated heterocycles. The molecule has 0 amide bonds. The van der Waals surface area contributed by atoms with Gasteiger partial charge in [0.25, 0.3) is 0 Å². The summed E-state index contributed by atoms with van der Waals surface area (Å²) in [6, 6.07) is 12.1. The highest BCUT2D eigenvalue weighted by Crippen LogP contribution is 2.25. The zero-order valence-electron chi connectivity index (χ0n) is 15.2. The normalized spacial score (nSPS) is 10.4. The molecule has 3 rings (SSSR count). The number of carbonyl (C=O) groups excluding carboxylic acids is 1. The molecule has 0 unspecified atom stereocenters. The number of rotatable bonds is 6. The molecule has 0 aliphatic heterocycles. The van der Waals surface area contributed by atoms with E-state index in [9.17, 15) is 4.79 Å². The maximum absolute atomic E-state index is 11.8. The van der Waals surface area contributed by atoms with Crippen molar-refractivity contribution < 1.29 is 14.1 Å². The number of benzene rings is 2. The molecule has 10 heteroatoms. The van der Waals surface area contributed by atoms with Crippen LogP contribution in [0.4, 0.5) is 5.69 Å². The molecule has 150 valence electrons. The van der Waals surface area contributed by atoms with E-state index in [0.29, 0.717) is 33.1 Å². The largest absolute Gasteiger partial charge is 0.462 e. The van der Waals surface area contributed by atoms with Crippen LogP contribution >= 0.6 is 35.4 Å². The number of nitrogens with one attached hydrogen (secondary N) is 2. The Hall–Kier alpha value is -2.68. The van der Waals surface area contributed by atoms with Crippen LogP contribution in [0.15, 0.2) is 47.0 Å². The molecule has 0 aliphatic rings. The maximum atomic E-state index is 11.8. The molecule has 1 aromatic heterocycles. The summed E-state index contributed by atoms with van der Waals surface area (Å²) in [4.78, 5) is 16.1. The van der Waals surface area contributed by atoms with Gasteiger partial charge in [-0.25, -0.2) is 4.79 Å². The van der Waals surface area contributed by atoms with Gasteiger partial charge in [0.15, 0.2) is 5.11 Å². The number of hydrogen-bond donors (Lipinski definition) is 2. The predicted molar refractivity (Wildman–Crippen MR) is 115 cm³/mol. The molecule has 7 nitrogen and oxygen atoms in total. The van der Waals surface area contributed by atoms with Gasteiger partial charge in [-0.2, -0.15) is 4.98 Å². The number of carbonyl (C=O) groups is 1. The van der Waals surface area contributed by atoms with Crippen molar-refractivity contribution in [2.75, 3.05) is 11.9 Å². The van der Waals surface area contributed by atoms with Crippen LogP contribution in [0, 0.1) is 0 Å². The van der Waals surface area contributed by atoms with E-state index in [4.69, 9.17) is 44.7 Å². The fourth-order valence-electron chi connectivity index (χ4n) is 2.38. The Bertz CT molecular complexity index is 1040. The van der Waals surface area contributed by atoms with Crippen LogP contribution in [-0.4, -0.2) is 27.8 Å². The Morgan fingerprint density at radius 3 is 2.72 bits per heavy atom. The van der Waals surface area contributed by atoms with Crippen molar-refractivity contribution in [3.05, 3.63) is 64.0 Å². The highest BCUT2D eigenvalue weighted by molar-refractivity contribution is 7.80. The molecule has 2 N–H and O–H groups in total. The van der Waals surface area contributed by atoms with E-state index in [0.717, 1.165) is 0 Å². The summed E-state index contributed by atoms with van der Waals surface area (Å²) in [5.41, 5.74) is 1.58. The molecule has 29 heavy (non-hydrogen) atoms. The number of anilines is 1. The maximum Gasteiger partial charge on any atom is 0.339 e. The van der Waals surface area contributed by atoms with Gasteiger partial charge in [0.2, 0.25) is 11.7 Å². The monoisotopic (exact) mass is 450 g/mol. The van der Waals surface area contributed by atoms with Crippen molar-refractivity contribution >= 4 is 52.2 Å². The van der Waals surface area contributed by atoms with E-state index in [-0.39, 0.29) is 23.7 Å². The first-order valence-electron chi connectivity index (χ1n) is 8.57. The molecule has 0 fully saturated rings. The minimum absolute atomic E-state index is 0.220. The standard InChI is InChI=1S/C19H16Cl2N4O3S/c1-2-27-18(26)13-8-7-11(9-15(13)21)23-19(29)22-10-16-24-17(25-28-16)12-5-3-4-6-14(12)20/h3-9H,2,10H2,1H3,(H2,22,23,29). The number of nitrogens with zero attached hydrogens (tertiary/aromatic N) is 2. The summed E-state index contributed by atoms with van der Waals surface area (Å²) in [6.45, 7) is 2.22. The zero-order chi connectivity index (χ0) is 20.8. The lowest BCUT2D eigenvalue weighted by atomic mass is 10.2. The molecule has 2 aromatic carbocycles. The predicted octanol–water partition coefficient (Wildman–Crippen LogP) is 4.71. The minimum Gasteiger partial charge on any atom is -0.462 e. The third-order valence-electron chi connectivity index (χ3n) is 3.71. The van der Waals surface area contributed by atoms with Gasteiger partial charge in [-0.15, -0.1) is 0 Å². The SMILES string of the molecule is CCOC(=O)c1ccc(NC(=S)NCc2nc(-c3ccccc3Cl)no2)cc1Cl. The topological polar surface area (TPSA) is 89.3 Å². The first-order valence-corrected chi connectivity index (χ1v) is 9.73. The van der Waals surface area contributed by atoms with Gasteiger partial charge < -0.3 is 19.9 Å². The lowest BCUT2D eigenvalue weighted by Gasteiger charge is -2.10. The smallest absolute Gasteiger partial charge is 0.339 e. The fourth-order valence-corrected chi connectivity index (χ4v) is 3.05. The van der Waals surface area contributed by atoms with Crippen LogP contribution in [-0.2, 0) is 11.3 Å². The Morgan fingerprint density at radius 2 is 2.00 bits per heavy atom. The highest BCUT2D eigenvalue weighted by Gasteiger charge is 2.13. The molecule has 0 aliphatic carbocycles. The lowest BCUT2D eigenvalue weighted by molar-refractivity contribution is 0.0526. The Labute approximate surface area is 182 Å². The van der Waals surface area contributed by atoms with Gasteiger partial charge in [0.05, 0.1) is 28.8 Å². The second-order valence-corrected chi connectivity index (χ2v) is 6.94. The molecule has 0 radical (unpaired) electrons. The molecule has 1 heterocycles. The summed E-state index contributed by atoms with van der Waals surface area (Å²) < 4.78 is 10.2. The first-order chi connectivity index (χ1) is 14.0. The molecular formula is C19H16Cl2N4O3S. The Morgan fingerprint density at radius 1 is 1.21 bits per heavy atom. The number of esters is 1. The van der Waals surface area contributed by atoms with E-state index in [1.54, 1.807) is 37.3 Å². The van der Waals surface area contributed by atoms with E-state index in [1.165, 1.54) is 0 Å². The number of thiocarbonyl (C=S) groups is 1. The average Bonchev–Trinajstić information content (AvgIpc) is 3.16. The van der Waals surface area contributed by atoms with Gasteiger partial charge in [0, 0.05) is 11.3 Å². The molecular weight excluding hydrogens is 435 g/mol. The number of ether oxygens (including phenoxy) is 1. The van der Waals surface area contributed by atoms with Crippen molar-refractivity contribution in [1.29, 1.82) is 0 Å². The molecule has 3 aromatic rings. The minimum atomic E-state index is -0.476. The number of hydrogen-bond acceptors (Lipinski definition) is 6. The number of aromatic nitrogens is 2. The van der Waals surface area contributed by atoms with Gasteiger partial charge in [-0.3, -0.25) is 0 Å². The summed E-state index contributed by atoms with van der Waals surface area (Å²) in [5.74, 6) is 0.267. The molecule has 0 atom stereocenters. The Kier molecular flexibility index (Phi) is 7.03. The van der Waals surface area contributed by atoms with E-state index in [2.05, 4.69) is 20.8 Å². The van der Waals surface area contributed by atoms with Crippen molar-refractivity contribution in [2.24, 2.45) is 0 Å². The van der Waals surface area contributed by atoms with Crippen LogP contribution in [0.3, 0.4) is 0 Å². The summed E-state index contributed by atoms with van der Waals surface area (Å²) in [7, 11) is 0. The van der Waals surface area contributed by atoms with Gasteiger partial charge >= 0.3 is 5.97 Å². The summed E-state index contributed by atoms with van der Waals surface area (Å²) in [6.07, 6.45) is 0. The lowest BCUT2D eigenvalue weighted by Crippen LogP contribution is -2.28. The highest BCUT2D eigenvalue weighted by atomic mass is 35.5. The molecule has 0 saturated carbocycles. The second kappa shape index (κ2) is 9.69. The van der Waals surface area contributed by atoms with Crippen LogP contribution in [0.2, 0.25) is 10.0 Å². The zero-order valence-corrected chi connectivity index (χ0v) is 17.6. The van der Waals surface area contributed by atoms with Crippen LogP contribution in [0.25, 0.3) is 11.4 Å². The van der Waals surface area contributed by atoms with E-state index in [1.807, 2.05) is 12.1 Å². The van der Waals surface area contributed by atoms with Gasteiger partial charge in [-0.1, -0.05) is 40.5 Å². The number of halogens is 2. The summed E-state index contributed by atoms with van der Waals surface area (Å²) in [5, 5.41) is 11.0. The molecule has 0 spiro atoms. The van der Waals surface area contributed by atoms with Gasteiger partial charge in [-0.05, 0) is 49.5 Å². The Balaban J connectivity index is 1.57. The van der Waals surface area contributed by atoms with Crippen molar-refractivity contribution in [3.8, 4) is 11.4 Å². The third kappa shape index (κ3) is 5.44. The van der Waals surface area contributed by atoms with Crippen LogP contribution in [0.1, 0.15) is 23.2 Å². The van der Waals surface area contributed by atoms with Crippen LogP contribution < -0.4 is 10.6 Å². The van der Waals surface area contributed by atoms with E-state index < -0.39 is 5.97 Å². The van der Waals surface area contributed by atoms with Gasteiger partial charge in [0.1, 0.15) is 0 Å². The van der Waals surface area contributed by atoms with Crippen LogP contribution in [0.5, 0.6) is 0 Å². The third-order valence-corrected chi connectivity index (χ3v) is 4.59. The average molecular weight is 451 g/mol. The second-order valence-electron chi connectivity index (χ2n) is 5.71. The first kappa shape index (κ1) is 21.0. The fraction of sp³-hybridized carbons (Fsp3) is 0.158. The van der Waals surface area contributed by atoms with Crippen molar-refractivity contribution in [1.82, 2.24) is 15.5 Å². The van der Waals surface area contributed by atoms with E-state index >= 15 is 0 Å².